The van der Waals surface area contributed by atoms with Crippen molar-refractivity contribution >= 4 is 33.4 Å². The van der Waals surface area contributed by atoms with Crippen LogP contribution >= 0.6 is 27.5 Å². The van der Waals surface area contributed by atoms with E-state index in [1.165, 1.54) is 0 Å². The molecule has 4 nitrogen and oxygen atoms in total. The van der Waals surface area contributed by atoms with Crippen molar-refractivity contribution in [2.75, 3.05) is 0 Å². The molecule has 2 aromatic carbocycles. The smallest absolute Gasteiger partial charge is 0.173 e. The Morgan fingerprint density at radius 2 is 2.10 bits per heavy atom. The Balaban J connectivity index is 2.21. The summed E-state index contributed by atoms with van der Waals surface area (Å²) in [5.74, 6) is 0.460. The fourth-order valence-electron chi connectivity index (χ4n) is 1.67. The van der Waals surface area contributed by atoms with Gasteiger partial charge in [-0.15, -0.1) is 0 Å². The number of benzene rings is 2. The highest BCUT2D eigenvalue weighted by atomic mass is 79.9. The SMILES string of the molecule is N/C(=N/O)c1cc(Cl)ccc1OCc1cccc(Br)c1. The van der Waals surface area contributed by atoms with Gasteiger partial charge in [0, 0.05) is 9.50 Å². The predicted molar refractivity (Wildman–Crippen MR) is 82.4 cm³/mol. The zero-order chi connectivity index (χ0) is 14.5. The van der Waals surface area contributed by atoms with E-state index in [9.17, 15) is 0 Å². The fourth-order valence-corrected chi connectivity index (χ4v) is 2.29. The summed E-state index contributed by atoms with van der Waals surface area (Å²) in [4.78, 5) is 0. The maximum Gasteiger partial charge on any atom is 0.173 e. The van der Waals surface area contributed by atoms with E-state index in [4.69, 9.17) is 27.3 Å². The number of ether oxygens (including phenoxy) is 1. The van der Waals surface area contributed by atoms with Gasteiger partial charge in [0.2, 0.25) is 0 Å². The zero-order valence-electron chi connectivity index (χ0n) is 10.4. The average molecular weight is 356 g/mol. The van der Waals surface area contributed by atoms with E-state index in [1.807, 2.05) is 24.3 Å². The Morgan fingerprint density at radius 1 is 1.30 bits per heavy atom. The summed E-state index contributed by atoms with van der Waals surface area (Å²) in [6, 6.07) is 12.7. The summed E-state index contributed by atoms with van der Waals surface area (Å²) in [7, 11) is 0. The van der Waals surface area contributed by atoms with Gasteiger partial charge in [-0.25, -0.2) is 0 Å². The highest BCUT2D eigenvalue weighted by Gasteiger charge is 2.09. The summed E-state index contributed by atoms with van der Waals surface area (Å²) < 4.78 is 6.68. The minimum absolute atomic E-state index is 0.0447. The van der Waals surface area contributed by atoms with Crippen LogP contribution in [-0.4, -0.2) is 11.0 Å². The first-order valence-corrected chi connectivity index (χ1v) is 6.92. The molecular formula is C14H12BrClN2O2. The van der Waals surface area contributed by atoms with Gasteiger partial charge in [-0.1, -0.05) is 44.8 Å². The lowest BCUT2D eigenvalue weighted by Crippen LogP contribution is -2.15. The van der Waals surface area contributed by atoms with Gasteiger partial charge in [0.1, 0.15) is 12.4 Å². The molecule has 0 bridgehead atoms. The second-order valence-corrected chi connectivity index (χ2v) is 5.40. The van der Waals surface area contributed by atoms with Crippen LogP contribution in [0.2, 0.25) is 5.02 Å². The highest BCUT2D eigenvalue weighted by Crippen LogP contribution is 2.24. The molecule has 0 spiro atoms. The molecule has 0 unspecified atom stereocenters. The summed E-state index contributed by atoms with van der Waals surface area (Å²) in [5, 5.41) is 12.2. The third-order valence-corrected chi connectivity index (χ3v) is 3.34. The Hall–Kier alpha value is -1.72. The average Bonchev–Trinajstić information content (AvgIpc) is 2.45. The molecule has 0 aliphatic heterocycles. The maximum atomic E-state index is 8.78. The van der Waals surface area contributed by atoms with Crippen molar-refractivity contribution < 1.29 is 9.94 Å². The third kappa shape index (κ3) is 3.65. The quantitative estimate of drug-likeness (QED) is 0.379. The highest BCUT2D eigenvalue weighted by molar-refractivity contribution is 9.10. The molecule has 0 amide bonds. The molecule has 2 aromatic rings. The summed E-state index contributed by atoms with van der Waals surface area (Å²) >= 11 is 9.30. The second-order valence-electron chi connectivity index (χ2n) is 4.04. The second kappa shape index (κ2) is 6.63. The van der Waals surface area contributed by atoms with Gasteiger partial charge in [0.25, 0.3) is 0 Å². The van der Waals surface area contributed by atoms with Crippen LogP contribution in [0.1, 0.15) is 11.1 Å². The van der Waals surface area contributed by atoms with Crippen LogP contribution in [0.5, 0.6) is 5.75 Å². The molecule has 0 fully saturated rings. The summed E-state index contributed by atoms with van der Waals surface area (Å²) in [5.41, 5.74) is 7.06. The number of nitrogens with two attached hydrogens (primary N) is 1. The molecule has 0 atom stereocenters. The van der Waals surface area contributed by atoms with Crippen molar-refractivity contribution in [3.63, 3.8) is 0 Å². The van der Waals surface area contributed by atoms with Crippen LogP contribution in [0.4, 0.5) is 0 Å². The lowest BCUT2D eigenvalue weighted by atomic mass is 10.2. The molecular weight excluding hydrogens is 344 g/mol. The van der Waals surface area contributed by atoms with Gasteiger partial charge in [0.05, 0.1) is 5.56 Å². The molecule has 104 valence electrons. The summed E-state index contributed by atoms with van der Waals surface area (Å²) in [6.07, 6.45) is 0. The Kier molecular flexibility index (Phi) is 4.87. The molecule has 0 saturated carbocycles. The lowest BCUT2D eigenvalue weighted by Gasteiger charge is -2.11. The van der Waals surface area contributed by atoms with Crippen LogP contribution in [0.25, 0.3) is 0 Å². The minimum atomic E-state index is -0.0447. The summed E-state index contributed by atoms with van der Waals surface area (Å²) in [6.45, 7) is 0.368. The van der Waals surface area contributed by atoms with Gasteiger partial charge in [-0.3, -0.25) is 0 Å². The van der Waals surface area contributed by atoms with E-state index in [1.54, 1.807) is 18.2 Å². The van der Waals surface area contributed by atoms with Crippen LogP contribution in [0.3, 0.4) is 0 Å². The number of amidine groups is 1. The molecule has 20 heavy (non-hydrogen) atoms. The van der Waals surface area contributed by atoms with Crippen LogP contribution < -0.4 is 10.5 Å². The number of hydrogen-bond donors (Lipinski definition) is 2. The van der Waals surface area contributed by atoms with Gasteiger partial charge < -0.3 is 15.7 Å². The van der Waals surface area contributed by atoms with Crippen LogP contribution in [0, 0.1) is 0 Å². The zero-order valence-corrected chi connectivity index (χ0v) is 12.7. The van der Waals surface area contributed by atoms with Crippen molar-refractivity contribution in [2.45, 2.75) is 6.61 Å². The van der Waals surface area contributed by atoms with Crippen molar-refractivity contribution in [3.8, 4) is 5.75 Å². The van der Waals surface area contributed by atoms with Crippen molar-refractivity contribution in [2.24, 2.45) is 10.9 Å². The lowest BCUT2D eigenvalue weighted by molar-refractivity contribution is 0.303. The molecule has 0 aromatic heterocycles. The van der Waals surface area contributed by atoms with E-state index >= 15 is 0 Å². The largest absolute Gasteiger partial charge is 0.488 e. The molecule has 0 aliphatic carbocycles. The van der Waals surface area contributed by atoms with E-state index in [2.05, 4.69) is 21.1 Å². The standard InChI is InChI=1S/C14H12BrClN2O2/c15-10-3-1-2-9(6-10)8-20-13-5-4-11(16)7-12(13)14(17)18-19/h1-7,19H,8H2,(H2,17,18). The Labute approximate surface area is 129 Å². The van der Waals surface area contributed by atoms with Crippen molar-refractivity contribution in [3.05, 3.63) is 63.1 Å². The molecule has 0 radical (unpaired) electrons. The number of rotatable bonds is 4. The third-order valence-electron chi connectivity index (χ3n) is 2.61. The monoisotopic (exact) mass is 354 g/mol. The normalized spacial score (nSPS) is 11.4. The minimum Gasteiger partial charge on any atom is -0.488 e. The Bertz CT molecular complexity index is 647. The first-order chi connectivity index (χ1) is 9.60. The molecule has 0 saturated heterocycles. The van der Waals surface area contributed by atoms with Crippen molar-refractivity contribution in [1.29, 1.82) is 0 Å². The predicted octanol–water partition coefficient (Wildman–Crippen LogP) is 3.78. The topological polar surface area (TPSA) is 67.8 Å². The first-order valence-electron chi connectivity index (χ1n) is 5.75. The first kappa shape index (κ1) is 14.7. The van der Waals surface area contributed by atoms with E-state index < -0.39 is 0 Å². The number of nitrogens with zero attached hydrogens (tertiary/aromatic N) is 1. The van der Waals surface area contributed by atoms with Crippen LogP contribution in [0.15, 0.2) is 52.1 Å². The number of oxime groups is 1. The van der Waals surface area contributed by atoms with E-state index in [0.29, 0.717) is 22.9 Å². The van der Waals surface area contributed by atoms with Gasteiger partial charge >= 0.3 is 0 Å². The molecule has 0 aliphatic rings. The Morgan fingerprint density at radius 3 is 2.80 bits per heavy atom. The molecule has 2 rings (SSSR count). The molecule has 3 N–H and O–H groups in total. The van der Waals surface area contributed by atoms with Crippen molar-refractivity contribution in [1.82, 2.24) is 0 Å². The van der Waals surface area contributed by atoms with Gasteiger partial charge in [0.15, 0.2) is 5.84 Å². The van der Waals surface area contributed by atoms with Gasteiger partial charge in [-0.2, -0.15) is 0 Å². The van der Waals surface area contributed by atoms with Crippen LogP contribution in [-0.2, 0) is 6.61 Å². The number of halogens is 2. The van der Waals surface area contributed by atoms with Gasteiger partial charge in [-0.05, 0) is 35.9 Å². The fraction of sp³-hybridized carbons (Fsp3) is 0.0714. The van der Waals surface area contributed by atoms with E-state index in [-0.39, 0.29) is 5.84 Å². The van der Waals surface area contributed by atoms with E-state index in [0.717, 1.165) is 10.0 Å². The molecule has 6 heteroatoms. The number of hydrogen-bond acceptors (Lipinski definition) is 3. The maximum absolute atomic E-state index is 8.78. The molecule has 0 heterocycles.